The predicted octanol–water partition coefficient (Wildman–Crippen LogP) is 4.01. The highest BCUT2D eigenvalue weighted by Crippen LogP contribution is 2.29. The lowest BCUT2D eigenvalue weighted by molar-refractivity contribution is 0.151. The number of aliphatic hydroxyl groups is 1. The minimum Gasteiger partial charge on any atom is -0.492 e. The lowest BCUT2D eigenvalue weighted by Crippen LogP contribution is -2.30. The topological polar surface area (TPSA) is 32.7 Å². The van der Waals surface area contributed by atoms with E-state index < -0.39 is 0 Å². The van der Waals surface area contributed by atoms with Crippen LogP contribution in [0.1, 0.15) is 57.8 Å². The largest absolute Gasteiger partial charge is 0.492 e. The molecule has 3 heteroatoms. The van der Waals surface area contributed by atoms with E-state index in [1.54, 1.807) is 0 Å². The van der Waals surface area contributed by atoms with Gasteiger partial charge in [-0.25, -0.2) is 0 Å². The average molecular weight is 305 g/mol. The SMILES string of the molecule is CC[C@@H](C)CN1CCOc2ccc([C@@H](O)CC(C)C)cc2C1. The second-order valence-corrected chi connectivity index (χ2v) is 7.11. The van der Waals surface area contributed by atoms with Crippen LogP contribution in [0.4, 0.5) is 0 Å². The van der Waals surface area contributed by atoms with Crippen LogP contribution in [0.25, 0.3) is 0 Å². The summed E-state index contributed by atoms with van der Waals surface area (Å²) in [5.74, 6) is 2.18. The summed E-state index contributed by atoms with van der Waals surface area (Å²) < 4.78 is 5.89. The highest BCUT2D eigenvalue weighted by atomic mass is 16.5. The molecule has 0 bridgehead atoms. The molecule has 22 heavy (non-hydrogen) atoms. The van der Waals surface area contributed by atoms with Crippen molar-refractivity contribution < 1.29 is 9.84 Å². The summed E-state index contributed by atoms with van der Waals surface area (Å²) in [5.41, 5.74) is 2.22. The van der Waals surface area contributed by atoms with Crippen LogP contribution >= 0.6 is 0 Å². The molecule has 0 fully saturated rings. The van der Waals surface area contributed by atoms with Crippen molar-refractivity contribution >= 4 is 0 Å². The fraction of sp³-hybridized carbons (Fsp3) is 0.684. The summed E-state index contributed by atoms with van der Waals surface area (Å²) in [6.45, 7) is 12.6. The Morgan fingerprint density at radius 3 is 2.73 bits per heavy atom. The molecular formula is C19H31NO2. The molecule has 1 N–H and O–H groups in total. The van der Waals surface area contributed by atoms with Gasteiger partial charge in [-0.15, -0.1) is 0 Å². The maximum atomic E-state index is 10.4. The van der Waals surface area contributed by atoms with Crippen molar-refractivity contribution in [3.05, 3.63) is 29.3 Å². The Hall–Kier alpha value is -1.06. The fourth-order valence-electron chi connectivity index (χ4n) is 2.98. The van der Waals surface area contributed by atoms with Crippen LogP contribution in [0.3, 0.4) is 0 Å². The number of hydrogen-bond donors (Lipinski definition) is 1. The number of nitrogens with zero attached hydrogens (tertiary/aromatic N) is 1. The molecule has 1 heterocycles. The third kappa shape index (κ3) is 4.72. The molecule has 3 nitrogen and oxygen atoms in total. The van der Waals surface area contributed by atoms with Crippen molar-refractivity contribution in [3.63, 3.8) is 0 Å². The van der Waals surface area contributed by atoms with Gasteiger partial charge < -0.3 is 9.84 Å². The van der Waals surface area contributed by atoms with E-state index in [4.69, 9.17) is 4.74 Å². The summed E-state index contributed by atoms with van der Waals surface area (Å²) in [4.78, 5) is 2.47. The first kappa shape index (κ1) is 17.3. The van der Waals surface area contributed by atoms with E-state index in [9.17, 15) is 5.11 Å². The second kappa shape index (κ2) is 7.98. The normalized spacial score (nSPS) is 18.5. The third-order valence-electron chi connectivity index (χ3n) is 4.49. The van der Waals surface area contributed by atoms with E-state index >= 15 is 0 Å². The van der Waals surface area contributed by atoms with Crippen molar-refractivity contribution in [3.8, 4) is 5.75 Å². The van der Waals surface area contributed by atoms with Crippen LogP contribution in [0.2, 0.25) is 0 Å². The number of aliphatic hydroxyl groups excluding tert-OH is 1. The van der Waals surface area contributed by atoms with Gasteiger partial charge in [-0.1, -0.05) is 40.2 Å². The van der Waals surface area contributed by atoms with Crippen LogP contribution in [-0.2, 0) is 6.54 Å². The first-order valence-corrected chi connectivity index (χ1v) is 8.65. The van der Waals surface area contributed by atoms with Crippen LogP contribution in [-0.4, -0.2) is 29.7 Å². The average Bonchev–Trinajstić information content (AvgIpc) is 2.67. The molecule has 0 saturated carbocycles. The fourth-order valence-corrected chi connectivity index (χ4v) is 2.98. The van der Waals surface area contributed by atoms with Gasteiger partial charge in [-0.2, -0.15) is 0 Å². The van der Waals surface area contributed by atoms with E-state index in [0.29, 0.717) is 11.8 Å². The van der Waals surface area contributed by atoms with Gasteiger partial charge in [0, 0.05) is 25.2 Å². The Morgan fingerprint density at radius 1 is 1.27 bits per heavy atom. The molecule has 1 aromatic carbocycles. The van der Waals surface area contributed by atoms with Crippen LogP contribution in [0.15, 0.2) is 18.2 Å². The summed E-state index contributed by atoms with van der Waals surface area (Å²) in [7, 11) is 0. The van der Waals surface area contributed by atoms with Gasteiger partial charge in [0.2, 0.25) is 0 Å². The van der Waals surface area contributed by atoms with Crippen LogP contribution in [0.5, 0.6) is 5.75 Å². The molecular weight excluding hydrogens is 274 g/mol. The maximum absolute atomic E-state index is 10.4. The van der Waals surface area contributed by atoms with Gasteiger partial charge in [0.25, 0.3) is 0 Å². The number of fused-ring (bicyclic) bond motifs is 1. The van der Waals surface area contributed by atoms with Gasteiger partial charge in [-0.05, 0) is 36.0 Å². The zero-order valence-corrected chi connectivity index (χ0v) is 14.5. The lowest BCUT2D eigenvalue weighted by atomic mass is 9.97. The molecule has 1 aliphatic rings. The van der Waals surface area contributed by atoms with Crippen molar-refractivity contribution in [1.29, 1.82) is 0 Å². The monoisotopic (exact) mass is 305 g/mol. The summed E-state index contributed by atoms with van der Waals surface area (Å²) >= 11 is 0. The first-order valence-electron chi connectivity index (χ1n) is 8.65. The summed E-state index contributed by atoms with van der Waals surface area (Å²) in [6, 6.07) is 6.18. The van der Waals surface area contributed by atoms with E-state index in [2.05, 4.69) is 38.7 Å². The molecule has 2 rings (SSSR count). The van der Waals surface area contributed by atoms with Crippen molar-refractivity contribution in [1.82, 2.24) is 4.90 Å². The molecule has 1 aromatic rings. The van der Waals surface area contributed by atoms with Crippen LogP contribution < -0.4 is 4.74 Å². The minimum absolute atomic E-state index is 0.378. The lowest BCUT2D eigenvalue weighted by Gasteiger charge is -2.23. The Balaban J connectivity index is 2.13. The molecule has 0 spiro atoms. The Labute approximate surface area is 135 Å². The molecule has 0 saturated heterocycles. The quantitative estimate of drug-likeness (QED) is 0.862. The summed E-state index contributed by atoms with van der Waals surface area (Å²) in [6.07, 6.45) is 1.63. The molecule has 0 radical (unpaired) electrons. The van der Waals surface area contributed by atoms with Gasteiger partial charge in [-0.3, -0.25) is 4.90 Å². The van der Waals surface area contributed by atoms with E-state index in [1.807, 2.05) is 12.1 Å². The standard InChI is InChI=1S/C19H31NO2/c1-5-15(4)12-20-8-9-22-19-7-6-16(11-17(19)13-20)18(21)10-14(2)3/h6-7,11,14-15,18,21H,5,8-10,12-13H2,1-4H3/t15-,18+/m1/s1. The molecule has 124 valence electrons. The maximum Gasteiger partial charge on any atom is 0.123 e. The Bertz CT molecular complexity index is 473. The van der Waals surface area contributed by atoms with E-state index in [-0.39, 0.29) is 6.10 Å². The molecule has 0 aromatic heterocycles. The van der Waals surface area contributed by atoms with E-state index in [0.717, 1.165) is 44.0 Å². The second-order valence-electron chi connectivity index (χ2n) is 7.11. The molecule has 1 aliphatic heterocycles. The highest BCUT2D eigenvalue weighted by molar-refractivity contribution is 5.38. The first-order chi connectivity index (χ1) is 10.5. The van der Waals surface area contributed by atoms with Crippen molar-refractivity contribution in [2.75, 3.05) is 19.7 Å². The van der Waals surface area contributed by atoms with Gasteiger partial charge in [0.05, 0.1) is 6.10 Å². The number of ether oxygens (including phenoxy) is 1. The van der Waals surface area contributed by atoms with Gasteiger partial charge >= 0.3 is 0 Å². The minimum atomic E-state index is -0.378. The molecule has 0 aliphatic carbocycles. The third-order valence-corrected chi connectivity index (χ3v) is 4.49. The van der Waals surface area contributed by atoms with Crippen molar-refractivity contribution in [2.45, 2.75) is 53.2 Å². The van der Waals surface area contributed by atoms with Crippen molar-refractivity contribution in [2.24, 2.45) is 11.8 Å². The zero-order valence-electron chi connectivity index (χ0n) is 14.5. The smallest absolute Gasteiger partial charge is 0.123 e. The van der Waals surface area contributed by atoms with E-state index in [1.165, 1.54) is 12.0 Å². The molecule has 0 amide bonds. The van der Waals surface area contributed by atoms with Gasteiger partial charge in [0.15, 0.2) is 0 Å². The number of rotatable bonds is 6. The zero-order chi connectivity index (χ0) is 16.1. The Kier molecular flexibility index (Phi) is 6.27. The summed E-state index contributed by atoms with van der Waals surface area (Å²) in [5, 5.41) is 10.4. The number of hydrogen-bond acceptors (Lipinski definition) is 3. The molecule has 0 unspecified atom stereocenters. The predicted molar refractivity (Wildman–Crippen MR) is 91.1 cm³/mol. The van der Waals surface area contributed by atoms with Crippen LogP contribution in [0, 0.1) is 11.8 Å². The van der Waals surface area contributed by atoms with Gasteiger partial charge in [0.1, 0.15) is 12.4 Å². The number of benzene rings is 1. The highest BCUT2D eigenvalue weighted by Gasteiger charge is 2.19. The Morgan fingerprint density at radius 2 is 2.05 bits per heavy atom. The molecule has 2 atom stereocenters.